The van der Waals surface area contributed by atoms with Crippen LogP contribution < -0.4 is 0 Å². The lowest BCUT2D eigenvalue weighted by atomic mass is 10.1. The van der Waals surface area contributed by atoms with Crippen LogP contribution >= 0.6 is 27.5 Å². The molecular weight excluding hydrogens is 251 g/mol. The molecule has 0 spiro atoms. The molecule has 0 amide bonds. The number of Topliss-reactive ketones (excluding diaryl/α,β-unsaturated/α-hetero) is 1. The van der Waals surface area contributed by atoms with Gasteiger partial charge in [0.2, 0.25) is 0 Å². The summed E-state index contributed by atoms with van der Waals surface area (Å²) >= 11 is 9.12. The number of hydrogen-bond acceptors (Lipinski definition) is 1. The predicted octanol–water partition coefficient (Wildman–Crippen LogP) is 3.62. The zero-order valence-corrected chi connectivity index (χ0v) is 9.65. The number of halogens is 2. The molecule has 0 aromatic heterocycles. The predicted molar refractivity (Wildman–Crippen MR) is 58.9 cm³/mol. The monoisotopic (exact) mass is 260 g/mol. The van der Waals surface area contributed by atoms with E-state index < -0.39 is 0 Å². The van der Waals surface area contributed by atoms with E-state index in [1.807, 2.05) is 19.1 Å². The fourth-order valence-corrected chi connectivity index (χ4v) is 1.66. The molecule has 0 radical (unpaired) electrons. The highest BCUT2D eigenvalue weighted by Crippen LogP contribution is 2.19. The summed E-state index contributed by atoms with van der Waals surface area (Å²) in [4.78, 5) is 11.5. The third kappa shape index (κ3) is 2.82. The van der Waals surface area contributed by atoms with Crippen molar-refractivity contribution >= 4 is 33.3 Å². The van der Waals surface area contributed by atoms with Crippen molar-refractivity contribution in [2.75, 3.05) is 5.33 Å². The third-order valence-corrected chi connectivity index (χ3v) is 2.47. The molecule has 0 aliphatic heterocycles. The molecule has 0 unspecified atom stereocenters. The molecule has 0 bridgehead atoms. The second-order valence-electron chi connectivity index (χ2n) is 2.85. The number of rotatable bonds is 3. The molecule has 0 atom stereocenters. The first-order valence-corrected chi connectivity index (χ1v) is 5.50. The van der Waals surface area contributed by atoms with E-state index in [4.69, 9.17) is 11.6 Å². The van der Waals surface area contributed by atoms with Crippen LogP contribution in [0.1, 0.15) is 22.3 Å². The van der Waals surface area contributed by atoms with Crippen molar-refractivity contribution in [2.45, 2.75) is 13.3 Å². The lowest BCUT2D eigenvalue weighted by Gasteiger charge is -2.02. The minimum atomic E-state index is 0.0885. The number of hydrogen-bond donors (Lipinski definition) is 0. The first-order valence-electron chi connectivity index (χ1n) is 4.00. The quantitative estimate of drug-likeness (QED) is 0.600. The highest BCUT2D eigenvalue weighted by Gasteiger charge is 2.08. The minimum Gasteiger partial charge on any atom is -0.294 e. The third-order valence-electron chi connectivity index (χ3n) is 1.74. The molecule has 0 heterocycles. The Morgan fingerprint density at radius 2 is 2.23 bits per heavy atom. The van der Waals surface area contributed by atoms with Gasteiger partial charge in [0.15, 0.2) is 5.78 Å². The number of benzene rings is 1. The van der Waals surface area contributed by atoms with Crippen molar-refractivity contribution in [3.05, 3.63) is 34.3 Å². The van der Waals surface area contributed by atoms with Crippen molar-refractivity contribution in [3.8, 4) is 0 Å². The van der Waals surface area contributed by atoms with Crippen molar-refractivity contribution in [1.29, 1.82) is 0 Å². The lowest BCUT2D eigenvalue weighted by molar-refractivity contribution is 0.0990. The lowest BCUT2D eigenvalue weighted by Crippen LogP contribution is -2.00. The first kappa shape index (κ1) is 10.7. The summed E-state index contributed by atoms with van der Waals surface area (Å²) in [6.07, 6.45) is 0.489. The number of alkyl halides is 1. The van der Waals surface area contributed by atoms with Crippen molar-refractivity contribution in [1.82, 2.24) is 0 Å². The van der Waals surface area contributed by atoms with Crippen LogP contribution in [0.25, 0.3) is 0 Å². The molecule has 1 aromatic carbocycles. The first-order chi connectivity index (χ1) is 6.15. The van der Waals surface area contributed by atoms with Gasteiger partial charge in [-0.15, -0.1) is 0 Å². The zero-order chi connectivity index (χ0) is 9.84. The molecule has 70 valence electrons. The number of carbonyl (C=O) groups is 1. The van der Waals surface area contributed by atoms with Crippen LogP contribution in [0, 0.1) is 6.92 Å². The smallest absolute Gasteiger partial charge is 0.165 e. The summed E-state index contributed by atoms with van der Waals surface area (Å²) in [5.74, 6) is 0.0885. The summed E-state index contributed by atoms with van der Waals surface area (Å²) < 4.78 is 0. The molecule has 0 saturated carbocycles. The zero-order valence-electron chi connectivity index (χ0n) is 7.31. The Hall–Kier alpha value is -0.340. The Morgan fingerprint density at radius 1 is 1.54 bits per heavy atom. The normalized spacial score (nSPS) is 10.1. The van der Waals surface area contributed by atoms with Crippen LogP contribution in [0.4, 0.5) is 0 Å². The second-order valence-corrected chi connectivity index (χ2v) is 4.05. The van der Waals surface area contributed by atoms with Crippen LogP contribution in [-0.4, -0.2) is 11.1 Å². The largest absolute Gasteiger partial charge is 0.294 e. The Morgan fingerprint density at radius 3 is 2.85 bits per heavy atom. The van der Waals surface area contributed by atoms with E-state index in [1.54, 1.807) is 6.07 Å². The summed E-state index contributed by atoms with van der Waals surface area (Å²) in [5, 5.41) is 1.22. The number of aryl methyl sites for hydroxylation is 1. The highest BCUT2D eigenvalue weighted by molar-refractivity contribution is 9.09. The van der Waals surface area contributed by atoms with Crippen LogP contribution in [0.2, 0.25) is 5.02 Å². The molecule has 3 heteroatoms. The summed E-state index contributed by atoms with van der Waals surface area (Å²) in [6.45, 7) is 1.95. The Kier molecular flexibility index (Phi) is 3.94. The van der Waals surface area contributed by atoms with Gasteiger partial charge in [-0.25, -0.2) is 0 Å². The molecule has 0 N–H and O–H groups in total. The maximum absolute atomic E-state index is 11.5. The Bertz CT molecular complexity index is 323. The number of carbonyl (C=O) groups excluding carboxylic acids is 1. The minimum absolute atomic E-state index is 0.0885. The number of ketones is 1. The van der Waals surface area contributed by atoms with E-state index in [2.05, 4.69) is 15.9 Å². The maximum Gasteiger partial charge on any atom is 0.165 e. The van der Waals surface area contributed by atoms with Crippen LogP contribution in [0.3, 0.4) is 0 Å². The molecule has 0 aliphatic rings. The Labute approximate surface area is 91.2 Å². The van der Waals surface area contributed by atoms with E-state index in [9.17, 15) is 4.79 Å². The summed E-state index contributed by atoms with van der Waals surface area (Å²) in [7, 11) is 0. The average Bonchev–Trinajstić information content (AvgIpc) is 2.09. The van der Waals surface area contributed by atoms with E-state index in [0.29, 0.717) is 22.3 Å². The van der Waals surface area contributed by atoms with E-state index >= 15 is 0 Å². The van der Waals surface area contributed by atoms with Crippen molar-refractivity contribution in [2.24, 2.45) is 0 Å². The highest BCUT2D eigenvalue weighted by atomic mass is 79.9. The Balaban J connectivity index is 2.99. The van der Waals surface area contributed by atoms with E-state index in [1.165, 1.54) is 0 Å². The van der Waals surface area contributed by atoms with Crippen LogP contribution in [0.5, 0.6) is 0 Å². The van der Waals surface area contributed by atoms with Gasteiger partial charge in [-0.05, 0) is 19.1 Å². The van der Waals surface area contributed by atoms with Gasteiger partial charge in [0, 0.05) is 17.3 Å². The molecule has 0 saturated heterocycles. The molecule has 1 rings (SSSR count). The molecule has 1 aromatic rings. The van der Waals surface area contributed by atoms with Gasteiger partial charge in [-0.1, -0.05) is 39.2 Å². The molecule has 0 fully saturated rings. The average molecular weight is 262 g/mol. The van der Waals surface area contributed by atoms with Gasteiger partial charge in [-0.2, -0.15) is 0 Å². The van der Waals surface area contributed by atoms with Gasteiger partial charge in [0.1, 0.15) is 0 Å². The van der Waals surface area contributed by atoms with Gasteiger partial charge in [-0.3, -0.25) is 4.79 Å². The fourth-order valence-electron chi connectivity index (χ4n) is 1.07. The summed E-state index contributed by atoms with van der Waals surface area (Å²) in [6, 6.07) is 5.49. The second kappa shape index (κ2) is 4.77. The standard InChI is InChI=1S/C10H10BrClO/c1-7-2-3-9(12)8(6-7)10(13)4-5-11/h2-3,6H,4-5H2,1H3. The van der Waals surface area contributed by atoms with Crippen LogP contribution in [0.15, 0.2) is 18.2 Å². The van der Waals surface area contributed by atoms with Crippen LogP contribution in [-0.2, 0) is 0 Å². The van der Waals surface area contributed by atoms with E-state index in [0.717, 1.165) is 5.56 Å². The van der Waals surface area contributed by atoms with E-state index in [-0.39, 0.29) is 5.78 Å². The van der Waals surface area contributed by atoms with Gasteiger partial charge in [0.05, 0.1) is 5.02 Å². The SMILES string of the molecule is Cc1ccc(Cl)c(C(=O)CCBr)c1. The van der Waals surface area contributed by atoms with Gasteiger partial charge >= 0.3 is 0 Å². The topological polar surface area (TPSA) is 17.1 Å². The van der Waals surface area contributed by atoms with Gasteiger partial charge in [0.25, 0.3) is 0 Å². The molecule has 1 nitrogen and oxygen atoms in total. The summed E-state index contributed by atoms with van der Waals surface area (Å²) in [5.41, 5.74) is 1.68. The van der Waals surface area contributed by atoms with Crippen molar-refractivity contribution in [3.63, 3.8) is 0 Å². The van der Waals surface area contributed by atoms with Gasteiger partial charge < -0.3 is 0 Å². The van der Waals surface area contributed by atoms with Crippen molar-refractivity contribution < 1.29 is 4.79 Å². The molecular formula is C10H10BrClO. The molecule has 13 heavy (non-hydrogen) atoms. The maximum atomic E-state index is 11.5. The molecule has 0 aliphatic carbocycles. The fraction of sp³-hybridized carbons (Fsp3) is 0.300.